The van der Waals surface area contributed by atoms with Crippen molar-refractivity contribution < 1.29 is 14.6 Å². The number of hydrogen-bond acceptors (Lipinski definition) is 3. The maximum Gasteiger partial charge on any atom is 0.333 e. The zero-order valence-corrected chi connectivity index (χ0v) is 14.5. The number of ether oxygens (including phenoxy) is 1. The first-order valence-corrected chi connectivity index (χ1v) is 9.06. The van der Waals surface area contributed by atoms with Crippen LogP contribution in [0, 0.1) is 0 Å². The fraction of sp³-hybridized carbons (Fsp3) is 0.842. The number of aliphatic hydroxyl groups is 1. The Hall–Kier alpha value is -0.830. The van der Waals surface area contributed by atoms with Crippen molar-refractivity contribution in [3.05, 3.63) is 12.2 Å². The van der Waals surface area contributed by atoms with Gasteiger partial charge in [0, 0.05) is 5.57 Å². The summed E-state index contributed by atoms with van der Waals surface area (Å²) < 4.78 is 5.80. The van der Waals surface area contributed by atoms with Crippen LogP contribution in [0.2, 0.25) is 0 Å². The lowest BCUT2D eigenvalue weighted by atomic mass is 9.80. The third-order valence-electron chi connectivity index (χ3n) is 4.73. The van der Waals surface area contributed by atoms with Crippen LogP contribution in [0.3, 0.4) is 0 Å². The van der Waals surface area contributed by atoms with E-state index in [1.807, 2.05) is 0 Å². The Morgan fingerprint density at radius 1 is 1.18 bits per heavy atom. The molecule has 3 nitrogen and oxygen atoms in total. The van der Waals surface area contributed by atoms with Crippen LogP contribution in [-0.2, 0) is 9.53 Å². The van der Waals surface area contributed by atoms with E-state index in [4.69, 9.17) is 4.74 Å². The van der Waals surface area contributed by atoms with Crippen molar-refractivity contribution in [1.82, 2.24) is 0 Å². The van der Waals surface area contributed by atoms with Gasteiger partial charge in [-0.2, -0.15) is 0 Å². The van der Waals surface area contributed by atoms with Crippen molar-refractivity contribution in [3.8, 4) is 0 Å². The Morgan fingerprint density at radius 3 is 2.41 bits per heavy atom. The first-order chi connectivity index (χ1) is 10.5. The molecule has 1 aliphatic rings. The molecule has 128 valence electrons. The Labute approximate surface area is 136 Å². The van der Waals surface area contributed by atoms with E-state index in [-0.39, 0.29) is 17.7 Å². The summed E-state index contributed by atoms with van der Waals surface area (Å²) in [5, 5.41) is 10.0. The number of aliphatic hydroxyl groups excluding tert-OH is 1. The summed E-state index contributed by atoms with van der Waals surface area (Å²) in [6.07, 6.45) is 12.2. The van der Waals surface area contributed by atoms with E-state index in [0.29, 0.717) is 5.57 Å². The molecular weight excluding hydrogens is 276 g/mol. The molecule has 0 saturated heterocycles. The Balaban J connectivity index is 2.41. The van der Waals surface area contributed by atoms with Gasteiger partial charge in [0.2, 0.25) is 0 Å². The van der Waals surface area contributed by atoms with Gasteiger partial charge in [0.25, 0.3) is 0 Å². The second-order valence-corrected chi connectivity index (χ2v) is 6.96. The van der Waals surface area contributed by atoms with Crippen LogP contribution in [0.4, 0.5) is 0 Å². The van der Waals surface area contributed by atoms with E-state index in [2.05, 4.69) is 13.5 Å². The normalized spacial score (nSPS) is 18.7. The van der Waals surface area contributed by atoms with Crippen molar-refractivity contribution in [1.29, 1.82) is 0 Å². The summed E-state index contributed by atoms with van der Waals surface area (Å²) in [6, 6.07) is 0. The van der Waals surface area contributed by atoms with Crippen LogP contribution in [-0.4, -0.2) is 22.8 Å². The molecule has 1 atom stereocenters. The molecule has 0 heterocycles. The summed E-state index contributed by atoms with van der Waals surface area (Å²) in [5.41, 5.74) is 0.168. The Kier molecular flexibility index (Phi) is 8.77. The van der Waals surface area contributed by atoms with Gasteiger partial charge < -0.3 is 9.84 Å². The summed E-state index contributed by atoms with van der Waals surface area (Å²) in [7, 11) is 0. The van der Waals surface area contributed by atoms with E-state index >= 15 is 0 Å². The first kappa shape index (κ1) is 19.2. The van der Waals surface area contributed by atoms with Gasteiger partial charge in [-0.05, 0) is 58.3 Å². The highest BCUT2D eigenvalue weighted by atomic mass is 16.6. The third kappa shape index (κ3) is 6.95. The van der Waals surface area contributed by atoms with Gasteiger partial charge in [-0.1, -0.05) is 39.2 Å². The van der Waals surface area contributed by atoms with E-state index < -0.39 is 0 Å². The van der Waals surface area contributed by atoms with Crippen LogP contribution < -0.4 is 0 Å². The maximum atomic E-state index is 11.9. The highest BCUT2D eigenvalue weighted by molar-refractivity contribution is 5.87. The van der Waals surface area contributed by atoms with Crippen molar-refractivity contribution in [2.24, 2.45) is 0 Å². The number of unbranched alkanes of at least 4 members (excludes halogenated alkanes) is 2. The van der Waals surface area contributed by atoms with Crippen molar-refractivity contribution in [2.75, 3.05) is 0 Å². The molecule has 0 bridgehead atoms. The van der Waals surface area contributed by atoms with Crippen LogP contribution in [0.25, 0.3) is 0 Å². The molecular formula is C19H34O3. The van der Waals surface area contributed by atoms with Crippen molar-refractivity contribution in [3.63, 3.8) is 0 Å². The molecule has 0 spiro atoms. The molecule has 1 fully saturated rings. The van der Waals surface area contributed by atoms with Crippen molar-refractivity contribution in [2.45, 2.75) is 103 Å². The molecule has 0 aliphatic heterocycles. The molecule has 1 aliphatic carbocycles. The smallest absolute Gasteiger partial charge is 0.333 e. The molecule has 1 unspecified atom stereocenters. The number of rotatable bonds is 10. The van der Waals surface area contributed by atoms with E-state index in [1.165, 1.54) is 19.3 Å². The average molecular weight is 310 g/mol. The summed E-state index contributed by atoms with van der Waals surface area (Å²) in [5.74, 6) is -0.259. The zero-order valence-electron chi connectivity index (χ0n) is 14.5. The van der Waals surface area contributed by atoms with Gasteiger partial charge in [-0.3, -0.25) is 0 Å². The summed E-state index contributed by atoms with van der Waals surface area (Å²) in [6.45, 7) is 7.57. The predicted molar refractivity (Wildman–Crippen MR) is 90.7 cm³/mol. The Morgan fingerprint density at radius 2 is 1.82 bits per heavy atom. The second kappa shape index (κ2) is 10.0. The van der Waals surface area contributed by atoms with E-state index in [1.54, 1.807) is 6.92 Å². The van der Waals surface area contributed by atoms with Gasteiger partial charge in [-0.25, -0.2) is 4.79 Å². The van der Waals surface area contributed by atoms with E-state index in [0.717, 1.165) is 57.8 Å². The van der Waals surface area contributed by atoms with Gasteiger partial charge in [-0.15, -0.1) is 0 Å². The predicted octanol–water partition coefficient (Wildman–Crippen LogP) is 4.92. The first-order valence-electron chi connectivity index (χ1n) is 9.06. The molecule has 0 aromatic carbocycles. The lowest BCUT2D eigenvalue weighted by Gasteiger charge is -2.37. The fourth-order valence-corrected chi connectivity index (χ4v) is 3.32. The molecule has 0 amide bonds. The van der Waals surface area contributed by atoms with Gasteiger partial charge in [0.1, 0.15) is 5.60 Å². The minimum Gasteiger partial charge on any atom is -0.456 e. The highest BCUT2D eigenvalue weighted by Gasteiger charge is 2.35. The molecule has 0 aromatic heterocycles. The van der Waals surface area contributed by atoms with Gasteiger partial charge in [0.05, 0.1) is 6.10 Å². The largest absolute Gasteiger partial charge is 0.456 e. The van der Waals surface area contributed by atoms with Gasteiger partial charge >= 0.3 is 5.97 Å². The SMILES string of the molecule is C=C(C)C(=O)OC1(CCCC(O)CCCCC)CCCCC1. The monoisotopic (exact) mass is 310 g/mol. The minimum absolute atomic E-state index is 0.205. The fourth-order valence-electron chi connectivity index (χ4n) is 3.32. The Bertz CT molecular complexity index is 343. The molecule has 1 N–H and O–H groups in total. The molecule has 1 rings (SSSR count). The molecule has 0 radical (unpaired) electrons. The minimum atomic E-state index is -0.308. The zero-order chi connectivity index (χ0) is 16.4. The maximum absolute atomic E-state index is 11.9. The van der Waals surface area contributed by atoms with Crippen molar-refractivity contribution >= 4 is 5.97 Å². The number of hydrogen-bond donors (Lipinski definition) is 1. The molecule has 1 saturated carbocycles. The van der Waals surface area contributed by atoms with Crippen LogP contribution in [0.15, 0.2) is 12.2 Å². The lowest BCUT2D eigenvalue weighted by Crippen LogP contribution is -2.37. The number of esters is 1. The topological polar surface area (TPSA) is 46.5 Å². The standard InChI is InChI=1S/C19H34O3/c1-4-5-7-11-17(20)12-10-15-19(13-8-6-9-14-19)22-18(21)16(2)3/h17,20H,2,4-15H2,1,3H3. The number of carbonyl (C=O) groups excluding carboxylic acids is 1. The van der Waals surface area contributed by atoms with Crippen LogP contribution >= 0.6 is 0 Å². The summed E-state index contributed by atoms with van der Waals surface area (Å²) >= 11 is 0. The summed E-state index contributed by atoms with van der Waals surface area (Å²) in [4.78, 5) is 11.9. The molecule has 22 heavy (non-hydrogen) atoms. The average Bonchev–Trinajstić information content (AvgIpc) is 2.48. The highest BCUT2D eigenvalue weighted by Crippen LogP contribution is 2.36. The van der Waals surface area contributed by atoms with Crippen LogP contribution in [0.5, 0.6) is 0 Å². The van der Waals surface area contributed by atoms with Crippen LogP contribution in [0.1, 0.15) is 90.9 Å². The molecule has 0 aromatic rings. The van der Waals surface area contributed by atoms with Gasteiger partial charge in [0.15, 0.2) is 0 Å². The second-order valence-electron chi connectivity index (χ2n) is 6.96. The lowest BCUT2D eigenvalue weighted by molar-refractivity contribution is -0.159. The van der Waals surface area contributed by atoms with E-state index in [9.17, 15) is 9.90 Å². The number of carbonyl (C=O) groups is 1. The molecule has 3 heteroatoms. The quantitative estimate of drug-likeness (QED) is 0.354. The third-order valence-corrected chi connectivity index (χ3v) is 4.73.